The van der Waals surface area contributed by atoms with E-state index in [1.807, 2.05) is 7.05 Å². The molecule has 0 atom stereocenters. The Morgan fingerprint density at radius 2 is 1.68 bits per heavy atom. The molecule has 1 heterocycles. The minimum Gasteiger partial charge on any atom is -0.348 e. The molecule has 2 aromatic carbocycles. The summed E-state index contributed by atoms with van der Waals surface area (Å²) >= 11 is 12.0. The molecule has 0 unspecified atom stereocenters. The van der Waals surface area contributed by atoms with Crippen LogP contribution in [-0.4, -0.2) is 56.8 Å². The van der Waals surface area contributed by atoms with E-state index in [-0.39, 0.29) is 22.0 Å². The van der Waals surface area contributed by atoms with Crippen molar-refractivity contribution in [3.05, 3.63) is 63.6 Å². The van der Waals surface area contributed by atoms with Crippen molar-refractivity contribution in [2.75, 3.05) is 33.2 Å². The van der Waals surface area contributed by atoms with Crippen LogP contribution in [-0.2, 0) is 16.6 Å². The number of benzene rings is 2. The zero-order valence-electron chi connectivity index (χ0n) is 15.4. The molecule has 9 heteroatoms. The molecule has 0 radical (unpaired) electrons. The first-order valence-electron chi connectivity index (χ1n) is 8.78. The minimum absolute atomic E-state index is 0.0677. The van der Waals surface area contributed by atoms with Crippen LogP contribution >= 0.6 is 23.2 Å². The highest BCUT2D eigenvalue weighted by Crippen LogP contribution is 2.24. The molecular formula is C19H21Cl2N3O3S. The molecule has 1 aliphatic rings. The second kappa shape index (κ2) is 8.80. The maximum atomic E-state index is 12.9. The molecule has 1 fully saturated rings. The molecule has 0 bridgehead atoms. The Balaban J connectivity index is 1.76. The second-order valence-corrected chi connectivity index (χ2v) is 9.44. The summed E-state index contributed by atoms with van der Waals surface area (Å²) in [5, 5.41) is 3.57. The van der Waals surface area contributed by atoms with E-state index < -0.39 is 15.9 Å². The third kappa shape index (κ3) is 4.85. The van der Waals surface area contributed by atoms with Crippen molar-refractivity contribution in [1.29, 1.82) is 0 Å². The van der Waals surface area contributed by atoms with Gasteiger partial charge < -0.3 is 10.2 Å². The molecule has 3 rings (SSSR count). The molecule has 6 nitrogen and oxygen atoms in total. The van der Waals surface area contributed by atoms with Crippen molar-refractivity contribution in [2.45, 2.75) is 11.4 Å². The van der Waals surface area contributed by atoms with Crippen LogP contribution < -0.4 is 5.32 Å². The standard InChI is InChI=1S/C19H21Cl2N3O3S/c1-23-8-10-24(11-9-23)28(26,27)16-6-7-18(21)17(12-16)19(25)22-13-14-2-4-15(20)5-3-14/h2-7,12H,8-11,13H2,1H3,(H,22,25). The van der Waals surface area contributed by atoms with E-state index >= 15 is 0 Å². The lowest BCUT2D eigenvalue weighted by Crippen LogP contribution is -2.47. The Bertz CT molecular complexity index is 957. The summed E-state index contributed by atoms with van der Waals surface area (Å²) in [6.07, 6.45) is 0. The number of piperazine rings is 1. The minimum atomic E-state index is -3.68. The molecular weight excluding hydrogens is 421 g/mol. The van der Waals surface area contributed by atoms with Crippen LogP contribution in [0.5, 0.6) is 0 Å². The Labute approximate surface area is 175 Å². The van der Waals surface area contributed by atoms with Crippen LogP contribution in [0, 0.1) is 0 Å². The quantitative estimate of drug-likeness (QED) is 0.774. The van der Waals surface area contributed by atoms with E-state index in [4.69, 9.17) is 23.2 Å². The van der Waals surface area contributed by atoms with Gasteiger partial charge in [0.15, 0.2) is 0 Å². The van der Waals surface area contributed by atoms with E-state index in [9.17, 15) is 13.2 Å². The van der Waals surface area contributed by atoms with Gasteiger partial charge in [0.2, 0.25) is 10.0 Å². The number of hydrogen-bond acceptors (Lipinski definition) is 4. The number of halogens is 2. The van der Waals surface area contributed by atoms with Gasteiger partial charge >= 0.3 is 0 Å². The molecule has 1 saturated heterocycles. The average Bonchev–Trinajstić information content (AvgIpc) is 2.68. The van der Waals surface area contributed by atoms with Gasteiger partial charge in [-0.2, -0.15) is 4.31 Å². The fourth-order valence-electron chi connectivity index (χ4n) is 2.90. The summed E-state index contributed by atoms with van der Waals surface area (Å²) in [5.74, 6) is -0.435. The predicted octanol–water partition coefficient (Wildman–Crippen LogP) is 2.86. The maximum Gasteiger partial charge on any atom is 0.253 e. The number of nitrogens with zero attached hydrogens (tertiary/aromatic N) is 2. The van der Waals surface area contributed by atoms with Gasteiger partial charge in [0.05, 0.1) is 15.5 Å². The van der Waals surface area contributed by atoms with Gasteiger partial charge in [0, 0.05) is 37.7 Å². The van der Waals surface area contributed by atoms with Crippen LogP contribution in [0.15, 0.2) is 47.4 Å². The van der Waals surface area contributed by atoms with E-state index in [1.165, 1.54) is 22.5 Å². The number of likely N-dealkylation sites (N-methyl/N-ethyl adjacent to an activating group) is 1. The van der Waals surface area contributed by atoms with Crippen LogP contribution in [0.4, 0.5) is 0 Å². The maximum absolute atomic E-state index is 12.9. The zero-order chi connectivity index (χ0) is 20.3. The Hall–Kier alpha value is -1.64. The first-order chi connectivity index (χ1) is 13.3. The van der Waals surface area contributed by atoms with Crippen molar-refractivity contribution in [1.82, 2.24) is 14.5 Å². The lowest BCUT2D eigenvalue weighted by molar-refractivity contribution is 0.0951. The molecule has 0 spiro atoms. The lowest BCUT2D eigenvalue weighted by Gasteiger charge is -2.31. The van der Waals surface area contributed by atoms with Gasteiger partial charge in [-0.15, -0.1) is 0 Å². The monoisotopic (exact) mass is 441 g/mol. The van der Waals surface area contributed by atoms with Crippen molar-refractivity contribution in [3.8, 4) is 0 Å². The third-order valence-electron chi connectivity index (χ3n) is 4.65. The topological polar surface area (TPSA) is 69.7 Å². The zero-order valence-corrected chi connectivity index (χ0v) is 17.7. The molecule has 2 aromatic rings. The molecule has 0 saturated carbocycles. The Kier molecular flexibility index (Phi) is 6.62. The fourth-order valence-corrected chi connectivity index (χ4v) is 4.67. The largest absolute Gasteiger partial charge is 0.348 e. The molecule has 150 valence electrons. The van der Waals surface area contributed by atoms with Gasteiger partial charge in [0.25, 0.3) is 5.91 Å². The van der Waals surface area contributed by atoms with Gasteiger partial charge in [-0.3, -0.25) is 4.79 Å². The smallest absolute Gasteiger partial charge is 0.253 e. The highest BCUT2D eigenvalue weighted by molar-refractivity contribution is 7.89. The highest BCUT2D eigenvalue weighted by atomic mass is 35.5. The molecule has 1 aliphatic heterocycles. The molecule has 0 aliphatic carbocycles. The van der Waals surface area contributed by atoms with Crippen molar-refractivity contribution in [2.24, 2.45) is 0 Å². The molecule has 28 heavy (non-hydrogen) atoms. The van der Waals surface area contributed by atoms with Crippen LogP contribution in [0.2, 0.25) is 10.0 Å². The van der Waals surface area contributed by atoms with E-state index in [0.29, 0.717) is 31.2 Å². The third-order valence-corrected chi connectivity index (χ3v) is 7.13. The summed E-state index contributed by atoms with van der Waals surface area (Å²) in [4.78, 5) is 14.7. The Morgan fingerprint density at radius 3 is 2.32 bits per heavy atom. The summed E-state index contributed by atoms with van der Waals surface area (Å²) < 4.78 is 27.3. The molecule has 0 aromatic heterocycles. The first-order valence-corrected chi connectivity index (χ1v) is 11.0. The predicted molar refractivity (Wildman–Crippen MR) is 110 cm³/mol. The van der Waals surface area contributed by atoms with E-state index in [2.05, 4.69) is 10.2 Å². The number of nitrogens with one attached hydrogen (secondary N) is 1. The number of rotatable bonds is 5. The van der Waals surface area contributed by atoms with Crippen molar-refractivity contribution in [3.63, 3.8) is 0 Å². The van der Waals surface area contributed by atoms with Crippen LogP contribution in [0.3, 0.4) is 0 Å². The normalized spacial score (nSPS) is 16.1. The van der Waals surface area contributed by atoms with E-state index in [0.717, 1.165) is 5.56 Å². The number of hydrogen-bond donors (Lipinski definition) is 1. The van der Waals surface area contributed by atoms with Gasteiger partial charge in [-0.05, 0) is 42.9 Å². The van der Waals surface area contributed by atoms with Crippen molar-refractivity contribution < 1.29 is 13.2 Å². The van der Waals surface area contributed by atoms with Crippen LogP contribution in [0.25, 0.3) is 0 Å². The molecule has 1 N–H and O–H groups in total. The van der Waals surface area contributed by atoms with Crippen LogP contribution in [0.1, 0.15) is 15.9 Å². The fraction of sp³-hybridized carbons (Fsp3) is 0.316. The average molecular weight is 442 g/mol. The number of amides is 1. The number of carbonyl (C=O) groups is 1. The van der Waals surface area contributed by atoms with Gasteiger partial charge in [0.1, 0.15) is 0 Å². The summed E-state index contributed by atoms with van der Waals surface area (Å²) in [7, 11) is -1.72. The molecule has 1 amide bonds. The van der Waals surface area contributed by atoms with Gasteiger partial charge in [-0.25, -0.2) is 8.42 Å². The lowest BCUT2D eigenvalue weighted by atomic mass is 10.2. The summed E-state index contributed by atoms with van der Waals surface area (Å²) in [5.41, 5.74) is 1.00. The first kappa shape index (κ1) is 21.1. The second-order valence-electron chi connectivity index (χ2n) is 6.66. The summed E-state index contributed by atoms with van der Waals surface area (Å²) in [6, 6.07) is 11.3. The van der Waals surface area contributed by atoms with Crippen molar-refractivity contribution >= 4 is 39.1 Å². The van der Waals surface area contributed by atoms with E-state index in [1.54, 1.807) is 24.3 Å². The Morgan fingerprint density at radius 1 is 1.04 bits per heavy atom. The number of sulfonamides is 1. The number of carbonyl (C=O) groups excluding carboxylic acids is 1. The summed E-state index contributed by atoms with van der Waals surface area (Å²) in [6.45, 7) is 2.45. The SMILES string of the molecule is CN1CCN(S(=O)(=O)c2ccc(Cl)c(C(=O)NCc3ccc(Cl)cc3)c2)CC1. The highest BCUT2D eigenvalue weighted by Gasteiger charge is 2.28. The van der Waals surface area contributed by atoms with Gasteiger partial charge in [-0.1, -0.05) is 35.3 Å².